The van der Waals surface area contributed by atoms with Crippen molar-refractivity contribution in [2.24, 2.45) is 0 Å². The Hall–Kier alpha value is -6.42. The van der Waals surface area contributed by atoms with Gasteiger partial charge in [0.2, 0.25) is 0 Å². The van der Waals surface area contributed by atoms with Crippen LogP contribution >= 0.6 is 11.3 Å². The molecule has 0 saturated carbocycles. The van der Waals surface area contributed by atoms with Gasteiger partial charge in [-0.2, -0.15) is 0 Å². The second-order valence-corrected chi connectivity index (χ2v) is 19.0. The fourth-order valence-electron chi connectivity index (χ4n) is 8.63. The van der Waals surface area contributed by atoms with Crippen molar-refractivity contribution in [1.29, 1.82) is 0 Å². The van der Waals surface area contributed by atoms with Crippen molar-refractivity contribution >= 4 is 70.4 Å². The predicted octanol–water partition coefficient (Wildman–Crippen LogP) is 16.6. The van der Waals surface area contributed by atoms with Gasteiger partial charge >= 0.3 is 0 Å². The summed E-state index contributed by atoms with van der Waals surface area (Å²) in [6, 6.07) is 67.7. The molecule has 0 atom stereocenters. The molecule has 2 aromatic heterocycles. The van der Waals surface area contributed by atoms with E-state index in [0.29, 0.717) is 0 Å². The summed E-state index contributed by atoms with van der Waals surface area (Å²) >= 11 is 1.87. The van der Waals surface area contributed by atoms with Gasteiger partial charge in [-0.1, -0.05) is 145 Å². The summed E-state index contributed by atoms with van der Waals surface area (Å²) < 4.78 is 5.10. The molecule has 0 saturated heterocycles. The molecule has 10 rings (SSSR count). The van der Waals surface area contributed by atoms with Crippen molar-refractivity contribution in [3.05, 3.63) is 193 Å². The van der Waals surface area contributed by atoms with Gasteiger partial charge in [0.15, 0.2) is 0 Å². The quantitative estimate of drug-likeness (QED) is 0.163. The Labute approximate surface area is 351 Å². The fourth-order valence-corrected chi connectivity index (χ4v) is 9.72. The number of nitrogens with zero attached hydrogens (tertiary/aromatic N) is 2. The number of hydrogen-bond acceptors (Lipinski definition) is 2. The van der Waals surface area contributed by atoms with Crippen LogP contribution in [0.15, 0.2) is 182 Å². The molecule has 10 aromatic rings. The molecule has 0 bridgehead atoms. The van der Waals surface area contributed by atoms with E-state index in [1.807, 2.05) is 11.3 Å². The van der Waals surface area contributed by atoms with Gasteiger partial charge in [0.05, 0.1) is 11.0 Å². The third-order valence-corrected chi connectivity index (χ3v) is 13.1. The van der Waals surface area contributed by atoms with E-state index in [1.54, 1.807) is 0 Å². The molecule has 288 valence electrons. The van der Waals surface area contributed by atoms with E-state index in [9.17, 15) is 0 Å². The smallest absolute Gasteiger partial charge is 0.0547 e. The van der Waals surface area contributed by atoms with Crippen LogP contribution in [-0.4, -0.2) is 4.57 Å². The fraction of sp³-hybridized carbons (Fsp3) is 0.143. The lowest BCUT2D eigenvalue weighted by atomic mass is 9.86. The third-order valence-electron chi connectivity index (χ3n) is 11.9. The number of anilines is 3. The molecule has 2 heterocycles. The van der Waals surface area contributed by atoms with E-state index in [2.05, 4.69) is 233 Å². The molecule has 0 N–H and O–H groups in total. The molecule has 59 heavy (non-hydrogen) atoms. The van der Waals surface area contributed by atoms with E-state index < -0.39 is 0 Å². The number of thiophene rings is 1. The minimum absolute atomic E-state index is 0.0772. The van der Waals surface area contributed by atoms with Crippen molar-refractivity contribution in [1.82, 2.24) is 4.57 Å². The van der Waals surface area contributed by atoms with Crippen LogP contribution < -0.4 is 4.90 Å². The summed E-state index contributed by atoms with van der Waals surface area (Å²) in [5, 5.41) is 5.14. The van der Waals surface area contributed by atoms with Crippen LogP contribution in [0.3, 0.4) is 0 Å². The van der Waals surface area contributed by atoms with Crippen molar-refractivity contribution in [2.45, 2.75) is 52.4 Å². The van der Waals surface area contributed by atoms with E-state index >= 15 is 0 Å². The molecule has 0 spiro atoms. The van der Waals surface area contributed by atoms with Crippen LogP contribution in [0.5, 0.6) is 0 Å². The normalized spacial score (nSPS) is 12.2. The molecule has 0 unspecified atom stereocenters. The van der Waals surface area contributed by atoms with Crippen LogP contribution in [-0.2, 0) is 10.8 Å². The lowest BCUT2D eigenvalue weighted by Gasteiger charge is -2.28. The minimum Gasteiger partial charge on any atom is -0.310 e. The monoisotopic (exact) mass is 780 g/mol. The van der Waals surface area contributed by atoms with Gasteiger partial charge in [-0.3, -0.25) is 0 Å². The first-order valence-corrected chi connectivity index (χ1v) is 21.5. The molecule has 0 aliphatic heterocycles. The average Bonchev–Trinajstić information content (AvgIpc) is 3.78. The van der Waals surface area contributed by atoms with Crippen molar-refractivity contribution in [3.8, 4) is 27.9 Å². The predicted molar refractivity (Wildman–Crippen MR) is 257 cm³/mol. The lowest BCUT2D eigenvalue weighted by molar-refractivity contribution is 0.590. The molecule has 0 radical (unpaired) electrons. The first kappa shape index (κ1) is 36.9. The molecule has 8 aromatic carbocycles. The Morgan fingerprint density at radius 1 is 0.373 bits per heavy atom. The highest BCUT2D eigenvalue weighted by Gasteiger charge is 2.20. The summed E-state index contributed by atoms with van der Waals surface area (Å²) in [6.45, 7) is 13.6. The molecule has 0 aliphatic rings. The van der Waals surface area contributed by atoms with Crippen LogP contribution in [0.1, 0.15) is 52.7 Å². The van der Waals surface area contributed by atoms with E-state index in [1.165, 1.54) is 75.4 Å². The van der Waals surface area contributed by atoms with Crippen LogP contribution in [0.4, 0.5) is 17.1 Å². The van der Waals surface area contributed by atoms with Crippen molar-refractivity contribution < 1.29 is 0 Å². The largest absolute Gasteiger partial charge is 0.310 e. The summed E-state index contributed by atoms with van der Waals surface area (Å²) in [7, 11) is 0. The van der Waals surface area contributed by atoms with Gasteiger partial charge in [0.25, 0.3) is 0 Å². The van der Waals surface area contributed by atoms with Gasteiger partial charge in [0, 0.05) is 53.7 Å². The summed E-state index contributed by atoms with van der Waals surface area (Å²) in [6.07, 6.45) is 0. The Morgan fingerprint density at radius 2 is 0.881 bits per heavy atom. The van der Waals surface area contributed by atoms with Gasteiger partial charge in [0.1, 0.15) is 0 Å². The number of aromatic nitrogens is 1. The van der Waals surface area contributed by atoms with Gasteiger partial charge in [-0.25, -0.2) is 0 Å². The zero-order valence-corrected chi connectivity index (χ0v) is 35.4. The molecular weight excluding hydrogens is 733 g/mol. The Morgan fingerprint density at radius 3 is 1.47 bits per heavy atom. The van der Waals surface area contributed by atoms with E-state index in [4.69, 9.17) is 0 Å². The Balaban J connectivity index is 1.10. The maximum atomic E-state index is 2.44. The lowest BCUT2D eigenvalue weighted by Crippen LogP contribution is -2.14. The third kappa shape index (κ3) is 6.70. The number of hydrogen-bond donors (Lipinski definition) is 0. The van der Waals surface area contributed by atoms with Crippen LogP contribution in [0.25, 0.3) is 69.9 Å². The average molecular weight is 781 g/mol. The standard InChI is InChI=1S/C56H48N2S/c1-55(2,3)41-22-26-44(27-23-41)57(45-28-24-42(25-29-45)56(4,5)6)46-16-12-13-37(33-46)39-19-30-47-48-31-20-40(36-52(48)58(51(47)35-39)43-14-8-7-9-15-43)38-21-32-54-50(34-38)49-17-10-11-18-53(49)59-54/h7-36H,1-6H3. The summed E-state index contributed by atoms with van der Waals surface area (Å²) in [5.74, 6) is 0. The maximum absolute atomic E-state index is 2.44. The highest BCUT2D eigenvalue weighted by Crippen LogP contribution is 2.42. The van der Waals surface area contributed by atoms with Crippen molar-refractivity contribution in [2.75, 3.05) is 4.90 Å². The SMILES string of the molecule is CC(C)(C)c1ccc(N(c2ccc(C(C)(C)C)cc2)c2cccc(-c3ccc4c5ccc(-c6ccc7sc8ccccc8c7c6)cc5n(-c5ccccc5)c4c3)c2)cc1. The number of para-hydroxylation sites is 1. The zero-order valence-electron chi connectivity index (χ0n) is 34.6. The van der Waals surface area contributed by atoms with E-state index in [0.717, 1.165) is 22.7 Å². The van der Waals surface area contributed by atoms with Crippen LogP contribution in [0, 0.1) is 0 Å². The molecular formula is C56H48N2S. The van der Waals surface area contributed by atoms with Crippen LogP contribution in [0.2, 0.25) is 0 Å². The topological polar surface area (TPSA) is 8.17 Å². The molecule has 0 amide bonds. The number of fused-ring (bicyclic) bond motifs is 6. The Kier molecular flexibility index (Phi) is 8.85. The highest BCUT2D eigenvalue weighted by molar-refractivity contribution is 7.25. The van der Waals surface area contributed by atoms with Crippen molar-refractivity contribution in [3.63, 3.8) is 0 Å². The Bertz CT molecular complexity index is 3090. The zero-order chi connectivity index (χ0) is 40.5. The number of benzene rings is 8. The van der Waals surface area contributed by atoms with E-state index in [-0.39, 0.29) is 10.8 Å². The molecule has 2 nitrogen and oxygen atoms in total. The molecule has 0 aliphatic carbocycles. The summed E-state index contributed by atoms with van der Waals surface area (Å²) in [4.78, 5) is 2.39. The first-order chi connectivity index (χ1) is 28.5. The second-order valence-electron chi connectivity index (χ2n) is 17.9. The molecule has 3 heteroatoms. The molecule has 0 fully saturated rings. The van der Waals surface area contributed by atoms with Gasteiger partial charge in [-0.05, 0) is 123 Å². The second kappa shape index (κ2) is 14.1. The van der Waals surface area contributed by atoms with Gasteiger partial charge < -0.3 is 9.47 Å². The minimum atomic E-state index is 0.0772. The maximum Gasteiger partial charge on any atom is 0.0547 e. The van der Waals surface area contributed by atoms with Gasteiger partial charge in [-0.15, -0.1) is 11.3 Å². The summed E-state index contributed by atoms with van der Waals surface area (Å²) in [5.41, 5.74) is 14.6. The highest BCUT2D eigenvalue weighted by atomic mass is 32.1. The first-order valence-electron chi connectivity index (χ1n) is 20.7. The number of rotatable bonds is 6.